The van der Waals surface area contributed by atoms with Gasteiger partial charge in [-0.1, -0.05) is 337 Å². The smallest absolute Gasteiger partial charge is 0.462 e. The average molecular weight is 1400 g/mol. The number of rotatable bonds is 74. The van der Waals surface area contributed by atoms with E-state index in [0.29, 0.717) is 31.6 Å². The Morgan fingerprint density at radius 2 is 0.537 bits per heavy atom. The second-order valence-corrected chi connectivity index (χ2v) is 31.3. The molecule has 3 N–H and O–H groups in total. The molecule has 0 aromatic rings. The van der Waals surface area contributed by atoms with E-state index in [-0.39, 0.29) is 25.7 Å². The summed E-state index contributed by atoms with van der Waals surface area (Å²) < 4.78 is 68.4. The van der Waals surface area contributed by atoms with Gasteiger partial charge in [-0.05, 0) is 43.4 Å². The van der Waals surface area contributed by atoms with Crippen molar-refractivity contribution in [1.29, 1.82) is 0 Å². The van der Waals surface area contributed by atoms with Crippen molar-refractivity contribution in [3.05, 3.63) is 0 Å². The highest BCUT2D eigenvalue weighted by Crippen LogP contribution is 2.45. The maximum absolute atomic E-state index is 13.1. The van der Waals surface area contributed by atoms with Crippen LogP contribution in [0.1, 0.15) is 389 Å². The van der Waals surface area contributed by atoms with Crippen LogP contribution in [-0.4, -0.2) is 96.7 Å². The first-order valence-electron chi connectivity index (χ1n) is 39.4. The number of phosphoric ester groups is 2. The Balaban J connectivity index is 5.21. The Morgan fingerprint density at radius 1 is 0.305 bits per heavy atom. The molecule has 0 bridgehead atoms. The van der Waals surface area contributed by atoms with Crippen LogP contribution >= 0.6 is 15.6 Å². The molecule has 0 fully saturated rings. The molecule has 0 saturated carbocycles. The van der Waals surface area contributed by atoms with E-state index in [1.165, 1.54) is 193 Å². The minimum atomic E-state index is -4.96. The quantitative estimate of drug-likeness (QED) is 0.0222. The number of carbonyl (C=O) groups is 4. The number of phosphoric acid groups is 2. The van der Waals surface area contributed by atoms with Crippen LogP contribution in [0.4, 0.5) is 0 Å². The summed E-state index contributed by atoms with van der Waals surface area (Å²) in [6.45, 7) is 11.9. The summed E-state index contributed by atoms with van der Waals surface area (Å²) in [7, 11) is -9.91. The van der Waals surface area contributed by atoms with Gasteiger partial charge in [0.2, 0.25) is 0 Å². The van der Waals surface area contributed by atoms with Gasteiger partial charge >= 0.3 is 39.5 Å². The Kier molecular flexibility index (Phi) is 65.2. The molecule has 0 amide bonds. The highest BCUT2D eigenvalue weighted by atomic mass is 31.2. The lowest BCUT2D eigenvalue weighted by molar-refractivity contribution is -0.161. The normalized spacial score (nSPS) is 14.6. The number of esters is 4. The fourth-order valence-electron chi connectivity index (χ4n) is 11.5. The zero-order valence-electron chi connectivity index (χ0n) is 62.1. The van der Waals surface area contributed by atoms with Gasteiger partial charge in [0.25, 0.3) is 0 Å². The number of unbranched alkanes of at least 4 members (excludes halogenated alkanes) is 40. The van der Waals surface area contributed by atoms with Crippen molar-refractivity contribution >= 4 is 39.5 Å². The summed E-state index contributed by atoms with van der Waals surface area (Å²) in [5.74, 6) is 0.256. The molecule has 0 heterocycles. The molecule has 0 aliphatic rings. The highest BCUT2D eigenvalue weighted by molar-refractivity contribution is 7.47. The molecule has 0 aromatic carbocycles. The van der Waals surface area contributed by atoms with E-state index < -0.39 is 97.5 Å². The summed E-state index contributed by atoms with van der Waals surface area (Å²) in [4.78, 5) is 72.7. The van der Waals surface area contributed by atoms with Crippen LogP contribution in [-0.2, 0) is 65.4 Å². The molecule has 7 atom stereocenters. The maximum atomic E-state index is 13.1. The average Bonchev–Trinajstić information content (AvgIpc) is 1.51. The third kappa shape index (κ3) is 67.6. The lowest BCUT2D eigenvalue weighted by Gasteiger charge is -2.21. The first-order chi connectivity index (χ1) is 45.8. The zero-order valence-corrected chi connectivity index (χ0v) is 63.9. The number of hydrogen-bond acceptors (Lipinski definition) is 15. The molecule has 17 nitrogen and oxygen atoms in total. The predicted octanol–water partition coefficient (Wildman–Crippen LogP) is 22.2. The Bertz CT molecular complexity index is 1860. The Labute approximate surface area is 581 Å². The number of hydrogen-bond donors (Lipinski definition) is 3. The Morgan fingerprint density at radius 3 is 0.800 bits per heavy atom. The fourth-order valence-corrected chi connectivity index (χ4v) is 13.1. The highest BCUT2D eigenvalue weighted by Gasteiger charge is 2.30. The minimum Gasteiger partial charge on any atom is -0.462 e. The standard InChI is InChI=1S/C76H148O17P2/c1-8-11-12-13-14-15-30-36-45-52-59-75(80)93-72(64-87-74(79)58-51-44-39-38-40-47-54-67(4)5)66-91-95(84,85)89-62-70(77)61-88-94(82,83)90-65-71(92-76(81)60-53-46-37-32-27-23-19-17-21-25-29-34-42-49-56-69(7)10-3)63-86-73(78)57-50-43-35-31-26-22-18-16-20-24-28-33-41-48-55-68(6)9-2/h67-72,77H,8-66H2,1-7H3,(H,82,83)(H,84,85)/t68?,69?,70-,71-,72-/m1/s1. The van der Waals surface area contributed by atoms with Crippen molar-refractivity contribution in [2.75, 3.05) is 39.6 Å². The van der Waals surface area contributed by atoms with Crippen molar-refractivity contribution < 1.29 is 80.2 Å². The van der Waals surface area contributed by atoms with Crippen molar-refractivity contribution in [1.82, 2.24) is 0 Å². The van der Waals surface area contributed by atoms with Gasteiger partial charge in [-0.2, -0.15) is 0 Å². The van der Waals surface area contributed by atoms with Crippen LogP contribution in [0.3, 0.4) is 0 Å². The predicted molar refractivity (Wildman–Crippen MR) is 386 cm³/mol. The van der Waals surface area contributed by atoms with Crippen molar-refractivity contribution in [3.63, 3.8) is 0 Å². The summed E-state index contributed by atoms with van der Waals surface area (Å²) in [5, 5.41) is 10.6. The number of aliphatic hydroxyl groups is 1. The van der Waals surface area contributed by atoms with Crippen LogP contribution in [0, 0.1) is 17.8 Å². The third-order valence-corrected chi connectivity index (χ3v) is 20.3. The maximum Gasteiger partial charge on any atom is 0.472 e. The number of aliphatic hydroxyl groups excluding tert-OH is 1. The molecule has 19 heteroatoms. The summed E-state index contributed by atoms with van der Waals surface area (Å²) in [6, 6.07) is 0. The van der Waals surface area contributed by atoms with Crippen LogP contribution < -0.4 is 0 Å². The lowest BCUT2D eigenvalue weighted by Crippen LogP contribution is -2.30. The molecule has 0 aliphatic carbocycles. The minimum absolute atomic E-state index is 0.105. The van der Waals surface area contributed by atoms with Gasteiger partial charge < -0.3 is 33.8 Å². The van der Waals surface area contributed by atoms with E-state index in [1.54, 1.807) is 0 Å². The van der Waals surface area contributed by atoms with Crippen molar-refractivity contribution in [2.45, 2.75) is 407 Å². The van der Waals surface area contributed by atoms with Gasteiger partial charge in [0.05, 0.1) is 26.4 Å². The van der Waals surface area contributed by atoms with E-state index in [9.17, 15) is 43.2 Å². The second kappa shape index (κ2) is 66.6. The van der Waals surface area contributed by atoms with E-state index in [4.69, 9.17) is 37.0 Å². The molecule has 0 rings (SSSR count). The van der Waals surface area contributed by atoms with E-state index in [0.717, 1.165) is 108 Å². The first kappa shape index (κ1) is 93.1. The van der Waals surface area contributed by atoms with Crippen molar-refractivity contribution in [2.24, 2.45) is 17.8 Å². The number of ether oxygens (including phenoxy) is 4. The second-order valence-electron chi connectivity index (χ2n) is 28.4. The molecular formula is C76H148O17P2. The molecule has 0 saturated heterocycles. The summed E-state index contributed by atoms with van der Waals surface area (Å²) in [6.07, 6.45) is 52.8. The van der Waals surface area contributed by atoms with Crippen LogP contribution in [0.2, 0.25) is 0 Å². The van der Waals surface area contributed by atoms with E-state index in [2.05, 4.69) is 48.5 Å². The van der Waals surface area contributed by atoms with Crippen LogP contribution in [0.15, 0.2) is 0 Å². The van der Waals surface area contributed by atoms with Gasteiger partial charge in [0, 0.05) is 25.7 Å². The van der Waals surface area contributed by atoms with Crippen LogP contribution in [0.5, 0.6) is 0 Å². The SMILES string of the molecule is CCCCCCCCCCCCC(=O)O[C@H](COC(=O)CCCCCCCCC(C)C)COP(=O)(O)OC[C@H](O)COP(=O)(O)OC[C@@H](COC(=O)CCCCCCCCCCCCCCCCC(C)CC)OC(=O)CCCCCCCCCCCCCCCCC(C)CC. The molecule has 564 valence electrons. The topological polar surface area (TPSA) is 237 Å². The molecule has 0 radical (unpaired) electrons. The monoisotopic (exact) mass is 1400 g/mol. The van der Waals surface area contributed by atoms with E-state index in [1.807, 2.05) is 0 Å². The van der Waals surface area contributed by atoms with E-state index >= 15 is 0 Å². The van der Waals surface area contributed by atoms with Crippen molar-refractivity contribution in [3.8, 4) is 0 Å². The lowest BCUT2D eigenvalue weighted by atomic mass is 9.99. The number of carbonyl (C=O) groups excluding carboxylic acids is 4. The summed E-state index contributed by atoms with van der Waals surface area (Å²) in [5.41, 5.74) is 0. The Hall–Kier alpha value is -1.94. The molecular weight excluding hydrogens is 1250 g/mol. The van der Waals surface area contributed by atoms with Gasteiger partial charge in [-0.25, -0.2) is 9.13 Å². The van der Waals surface area contributed by atoms with Gasteiger partial charge in [0.15, 0.2) is 12.2 Å². The third-order valence-electron chi connectivity index (χ3n) is 18.4. The van der Waals surface area contributed by atoms with Gasteiger partial charge in [-0.15, -0.1) is 0 Å². The van der Waals surface area contributed by atoms with Crippen LogP contribution in [0.25, 0.3) is 0 Å². The first-order valence-corrected chi connectivity index (χ1v) is 42.4. The van der Waals surface area contributed by atoms with Gasteiger partial charge in [-0.3, -0.25) is 37.3 Å². The van der Waals surface area contributed by atoms with Gasteiger partial charge in [0.1, 0.15) is 19.3 Å². The molecule has 95 heavy (non-hydrogen) atoms. The molecule has 4 unspecified atom stereocenters. The summed E-state index contributed by atoms with van der Waals surface area (Å²) >= 11 is 0. The zero-order chi connectivity index (χ0) is 70.1. The largest absolute Gasteiger partial charge is 0.472 e. The molecule has 0 aliphatic heterocycles. The molecule has 0 spiro atoms. The fraction of sp³-hybridized carbons (Fsp3) is 0.947. The molecule has 0 aromatic heterocycles.